The van der Waals surface area contributed by atoms with E-state index in [2.05, 4.69) is 10.3 Å². The quantitative estimate of drug-likeness (QED) is 0.407. The van der Waals surface area contributed by atoms with Crippen LogP contribution >= 0.6 is 35.0 Å². The second kappa shape index (κ2) is 10.1. The summed E-state index contributed by atoms with van der Waals surface area (Å²) in [5.74, 6) is 0.966. The van der Waals surface area contributed by atoms with E-state index in [9.17, 15) is 4.79 Å². The zero-order valence-corrected chi connectivity index (χ0v) is 19.3. The van der Waals surface area contributed by atoms with Gasteiger partial charge < -0.3 is 14.8 Å². The highest BCUT2D eigenvalue weighted by molar-refractivity contribution is 8.18. The Balaban J connectivity index is 1.51. The monoisotopic (exact) mass is 484 g/mol. The molecule has 0 bridgehead atoms. The predicted octanol–water partition coefficient (Wildman–Crippen LogP) is 6.47. The Bertz CT molecular complexity index is 1210. The van der Waals surface area contributed by atoms with Crippen molar-refractivity contribution in [3.63, 3.8) is 0 Å². The Hall–Kier alpha value is -2.93. The first-order valence-corrected chi connectivity index (χ1v) is 11.2. The number of rotatable bonds is 6. The number of methoxy groups -OCH3 is 1. The molecule has 1 N–H and O–H groups in total. The summed E-state index contributed by atoms with van der Waals surface area (Å²) in [5, 5.41) is 3.92. The molecule has 0 atom stereocenters. The van der Waals surface area contributed by atoms with Crippen molar-refractivity contribution in [1.82, 2.24) is 5.32 Å². The number of nitrogens with one attached hydrogen (secondary N) is 1. The topological polar surface area (TPSA) is 59.9 Å². The van der Waals surface area contributed by atoms with Gasteiger partial charge in [-0.1, -0.05) is 65.7 Å². The van der Waals surface area contributed by atoms with Gasteiger partial charge in [-0.05, 0) is 53.2 Å². The number of amides is 1. The maximum absolute atomic E-state index is 12.4. The SMILES string of the molecule is COc1cc(/C=C2\SC(=Nc3cccc(Cl)c3Cl)NC2=O)ccc1OCc1ccccc1. The number of aliphatic imine (C=N–C) groups is 1. The minimum absolute atomic E-state index is 0.240. The fraction of sp³-hybridized carbons (Fsp3) is 0.0833. The highest BCUT2D eigenvalue weighted by Crippen LogP contribution is 2.35. The summed E-state index contributed by atoms with van der Waals surface area (Å²) in [5.41, 5.74) is 2.35. The van der Waals surface area contributed by atoms with Gasteiger partial charge in [0.1, 0.15) is 6.61 Å². The number of ether oxygens (including phenoxy) is 2. The number of nitrogens with zero attached hydrogens (tertiary/aromatic N) is 1. The third-order valence-corrected chi connectivity index (χ3v) is 6.25. The van der Waals surface area contributed by atoms with Crippen LogP contribution in [0.25, 0.3) is 6.08 Å². The summed E-state index contributed by atoms with van der Waals surface area (Å²) in [6.07, 6.45) is 1.77. The molecule has 1 fully saturated rings. The van der Waals surface area contributed by atoms with E-state index in [1.807, 2.05) is 48.5 Å². The van der Waals surface area contributed by atoms with Crippen molar-refractivity contribution in [1.29, 1.82) is 0 Å². The molecule has 8 heteroatoms. The molecular weight excluding hydrogens is 467 g/mol. The summed E-state index contributed by atoms with van der Waals surface area (Å²) in [7, 11) is 1.58. The number of thioether (sulfide) groups is 1. The summed E-state index contributed by atoms with van der Waals surface area (Å²) in [6.45, 7) is 0.432. The number of amidine groups is 1. The molecule has 0 radical (unpaired) electrons. The van der Waals surface area contributed by atoms with Crippen molar-refractivity contribution in [2.24, 2.45) is 4.99 Å². The van der Waals surface area contributed by atoms with Crippen LogP contribution in [0.15, 0.2) is 76.6 Å². The molecule has 3 aromatic carbocycles. The molecule has 1 aliphatic rings. The summed E-state index contributed by atoms with van der Waals surface area (Å²) in [4.78, 5) is 17.3. The second-order valence-corrected chi connectivity index (χ2v) is 8.56. The molecule has 32 heavy (non-hydrogen) atoms. The minimum atomic E-state index is -0.240. The van der Waals surface area contributed by atoms with Crippen LogP contribution < -0.4 is 14.8 Å². The van der Waals surface area contributed by atoms with E-state index in [-0.39, 0.29) is 5.91 Å². The zero-order valence-electron chi connectivity index (χ0n) is 17.0. The van der Waals surface area contributed by atoms with Crippen LogP contribution in [0.5, 0.6) is 11.5 Å². The molecule has 1 amide bonds. The van der Waals surface area contributed by atoms with Crippen LogP contribution in [-0.2, 0) is 11.4 Å². The Morgan fingerprint density at radius 3 is 2.62 bits per heavy atom. The molecule has 0 spiro atoms. The van der Waals surface area contributed by atoms with Crippen molar-refractivity contribution >= 4 is 57.8 Å². The maximum atomic E-state index is 12.4. The lowest BCUT2D eigenvalue weighted by molar-refractivity contribution is -0.115. The van der Waals surface area contributed by atoms with E-state index >= 15 is 0 Å². The molecule has 0 aromatic heterocycles. The van der Waals surface area contributed by atoms with Gasteiger partial charge in [-0.15, -0.1) is 0 Å². The molecule has 1 heterocycles. The third kappa shape index (κ3) is 5.27. The van der Waals surface area contributed by atoms with E-state index in [1.54, 1.807) is 31.4 Å². The smallest absolute Gasteiger partial charge is 0.264 e. The predicted molar refractivity (Wildman–Crippen MR) is 131 cm³/mol. The Morgan fingerprint density at radius 2 is 1.84 bits per heavy atom. The van der Waals surface area contributed by atoms with E-state index in [4.69, 9.17) is 32.7 Å². The van der Waals surface area contributed by atoms with Crippen LogP contribution in [0.4, 0.5) is 5.69 Å². The lowest BCUT2D eigenvalue weighted by Crippen LogP contribution is -2.19. The molecule has 0 unspecified atom stereocenters. The van der Waals surface area contributed by atoms with Crippen molar-refractivity contribution < 1.29 is 14.3 Å². The normalized spacial score (nSPS) is 15.8. The number of carbonyl (C=O) groups is 1. The second-order valence-electron chi connectivity index (χ2n) is 6.74. The number of benzene rings is 3. The number of carbonyl (C=O) groups excluding carboxylic acids is 1. The molecule has 162 valence electrons. The van der Waals surface area contributed by atoms with Gasteiger partial charge in [0.05, 0.1) is 27.7 Å². The molecule has 0 aliphatic carbocycles. The summed E-state index contributed by atoms with van der Waals surface area (Å²) < 4.78 is 11.4. The first-order valence-electron chi connectivity index (χ1n) is 9.62. The van der Waals surface area contributed by atoms with Crippen molar-refractivity contribution in [2.75, 3.05) is 7.11 Å². The first-order chi connectivity index (χ1) is 15.5. The minimum Gasteiger partial charge on any atom is -0.493 e. The molecule has 1 saturated heterocycles. The average Bonchev–Trinajstić information content (AvgIpc) is 3.15. The van der Waals surface area contributed by atoms with E-state index in [1.165, 1.54) is 11.8 Å². The van der Waals surface area contributed by atoms with Gasteiger partial charge in [0.15, 0.2) is 16.7 Å². The molecule has 3 aromatic rings. The molecule has 5 nitrogen and oxygen atoms in total. The van der Waals surface area contributed by atoms with Gasteiger partial charge in [0, 0.05) is 0 Å². The van der Waals surface area contributed by atoms with Gasteiger partial charge in [0.25, 0.3) is 5.91 Å². The van der Waals surface area contributed by atoms with Gasteiger partial charge >= 0.3 is 0 Å². The van der Waals surface area contributed by atoms with Gasteiger partial charge in [-0.25, -0.2) is 4.99 Å². The standard InChI is InChI=1S/C24H18Cl2N2O3S/c1-30-20-12-16(10-11-19(20)31-14-15-6-3-2-4-7-15)13-21-23(29)28-24(32-21)27-18-9-5-8-17(25)22(18)26/h2-13H,14H2,1H3,(H,27,28,29)/b21-13-. The highest BCUT2D eigenvalue weighted by Gasteiger charge is 2.24. The van der Waals surface area contributed by atoms with Gasteiger partial charge in [-0.2, -0.15) is 0 Å². The highest BCUT2D eigenvalue weighted by atomic mass is 35.5. The van der Waals surface area contributed by atoms with Crippen LogP contribution in [0.2, 0.25) is 10.0 Å². The summed E-state index contributed by atoms with van der Waals surface area (Å²) in [6, 6.07) is 20.6. The van der Waals surface area contributed by atoms with Crippen molar-refractivity contribution in [3.05, 3.63) is 92.8 Å². The van der Waals surface area contributed by atoms with Gasteiger partial charge in [-0.3, -0.25) is 4.79 Å². The Kier molecular flexibility index (Phi) is 7.05. The molecule has 4 rings (SSSR count). The number of hydrogen-bond donors (Lipinski definition) is 1. The molecule has 1 aliphatic heterocycles. The van der Waals surface area contributed by atoms with Gasteiger partial charge in [0.2, 0.25) is 0 Å². The van der Waals surface area contributed by atoms with E-state index < -0.39 is 0 Å². The van der Waals surface area contributed by atoms with Crippen LogP contribution in [0.1, 0.15) is 11.1 Å². The zero-order chi connectivity index (χ0) is 22.5. The Labute approximate surface area is 200 Å². The third-order valence-electron chi connectivity index (χ3n) is 4.53. The van der Waals surface area contributed by atoms with Crippen LogP contribution in [-0.4, -0.2) is 18.2 Å². The average molecular weight is 485 g/mol. The first kappa shape index (κ1) is 22.3. The fourth-order valence-corrected chi connectivity index (χ4v) is 4.12. The maximum Gasteiger partial charge on any atom is 0.264 e. The fourth-order valence-electron chi connectivity index (χ4n) is 2.95. The largest absolute Gasteiger partial charge is 0.493 e. The van der Waals surface area contributed by atoms with Crippen LogP contribution in [0, 0.1) is 0 Å². The van der Waals surface area contributed by atoms with E-state index in [0.717, 1.165) is 11.1 Å². The number of halogens is 2. The lowest BCUT2D eigenvalue weighted by Gasteiger charge is -2.11. The van der Waals surface area contributed by atoms with Crippen molar-refractivity contribution in [3.8, 4) is 11.5 Å². The Morgan fingerprint density at radius 1 is 1.03 bits per heavy atom. The van der Waals surface area contributed by atoms with Crippen molar-refractivity contribution in [2.45, 2.75) is 6.61 Å². The number of hydrogen-bond acceptors (Lipinski definition) is 5. The van der Waals surface area contributed by atoms with Crippen LogP contribution in [0.3, 0.4) is 0 Å². The van der Waals surface area contributed by atoms with E-state index in [0.29, 0.717) is 43.9 Å². The lowest BCUT2D eigenvalue weighted by atomic mass is 10.2. The molecular formula is C24H18Cl2N2O3S. The molecule has 0 saturated carbocycles. The summed E-state index contributed by atoms with van der Waals surface area (Å²) >= 11 is 13.4.